The number of pyridine rings is 1. The van der Waals surface area contributed by atoms with Crippen molar-refractivity contribution in [1.29, 1.82) is 5.26 Å². The maximum Gasteiger partial charge on any atom is 0.341 e. The first-order chi connectivity index (χ1) is 16.2. The Kier molecular flexibility index (Phi) is 5.32. The molecule has 2 aromatic rings. The summed E-state index contributed by atoms with van der Waals surface area (Å²) in [5.74, 6) is -2.14. The van der Waals surface area contributed by atoms with Gasteiger partial charge in [0.25, 0.3) is 0 Å². The third-order valence-electron chi connectivity index (χ3n) is 7.29. The highest BCUT2D eigenvalue weighted by atomic mass is 19.1. The topological polar surface area (TPSA) is 133 Å². The Morgan fingerprint density at radius 3 is 2.65 bits per heavy atom. The number of amides is 1. The smallest absolute Gasteiger partial charge is 0.341 e. The second-order valence-electron chi connectivity index (χ2n) is 9.60. The Morgan fingerprint density at radius 1 is 1.29 bits per heavy atom. The van der Waals surface area contributed by atoms with Crippen molar-refractivity contribution in [3.05, 3.63) is 39.4 Å². The highest BCUT2D eigenvalue weighted by Gasteiger charge is 2.43. The van der Waals surface area contributed by atoms with Crippen LogP contribution in [0.3, 0.4) is 0 Å². The lowest BCUT2D eigenvalue weighted by molar-refractivity contribution is -0.136. The van der Waals surface area contributed by atoms with Gasteiger partial charge in [-0.1, -0.05) is 0 Å². The quantitative estimate of drug-likeness (QED) is 0.701. The number of rotatable bonds is 4. The van der Waals surface area contributed by atoms with Gasteiger partial charge >= 0.3 is 5.97 Å². The van der Waals surface area contributed by atoms with E-state index in [0.717, 1.165) is 31.7 Å². The lowest BCUT2D eigenvalue weighted by atomic mass is 9.91. The van der Waals surface area contributed by atoms with Crippen molar-refractivity contribution < 1.29 is 19.1 Å². The molecule has 2 saturated heterocycles. The molecule has 178 valence electrons. The minimum absolute atomic E-state index is 0.0275. The first-order valence-corrected chi connectivity index (χ1v) is 11.6. The van der Waals surface area contributed by atoms with Crippen molar-refractivity contribution in [3.63, 3.8) is 0 Å². The van der Waals surface area contributed by atoms with Gasteiger partial charge in [-0.25, -0.2) is 9.18 Å². The molecular weight excluding hydrogens is 441 g/mol. The highest BCUT2D eigenvalue weighted by molar-refractivity contribution is 5.96. The molecule has 3 atom stereocenters. The van der Waals surface area contributed by atoms with E-state index in [9.17, 15) is 24.8 Å². The van der Waals surface area contributed by atoms with E-state index in [0.29, 0.717) is 19.6 Å². The largest absolute Gasteiger partial charge is 0.477 e. The summed E-state index contributed by atoms with van der Waals surface area (Å²) in [7, 11) is 0. The summed E-state index contributed by atoms with van der Waals surface area (Å²) < 4.78 is 17.2. The number of hydrogen-bond acceptors (Lipinski definition) is 6. The number of carbonyl (C=O) groups is 2. The molecule has 1 saturated carbocycles. The molecule has 3 unspecified atom stereocenters. The minimum Gasteiger partial charge on any atom is -0.477 e. The molecule has 0 spiro atoms. The fourth-order valence-electron chi connectivity index (χ4n) is 5.58. The van der Waals surface area contributed by atoms with E-state index in [-0.39, 0.29) is 46.1 Å². The summed E-state index contributed by atoms with van der Waals surface area (Å²) in [6, 6.07) is 2.37. The van der Waals surface area contributed by atoms with Crippen molar-refractivity contribution >= 4 is 28.5 Å². The van der Waals surface area contributed by atoms with Crippen LogP contribution in [0, 0.1) is 23.1 Å². The van der Waals surface area contributed by atoms with Crippen LogP contribution in [0.25, 0.3) is 10.9 Å². The molecule has 2 aliphatic heterocycles. The molecule has 0 bridgehead atoms. The first-order valence-electron chi connectivity index (χ1n) is 11.6. The number of piperidine rings is 1. The summed E-state index contributed by atoms with van der Waals surface area (Å²) >= 11 is 0. The number of hydrogen-bond donors (Lipinski definition) is 2. The molecule has 1 aromatic heterocycles. The van der Waals surface area contributed by atoms with Crippen molar-refractivity contribution in [3.8, 4) is 6.07 Å². The van der Waals surface area contributed by atoms with Gasteiger partial charge in [0.05, 0.1) is 28.7 Å². The summed E-state index contributed by atoms with van der Waals surface area (Å²) in [4.78, 5) is 40.7. The van der Waals surface area contributed by atoms with Gasteiger partial charge in [0.1, 0.15) is 23.0 Å². The molecule has 1 aromatic carbocycles. The number of anilines is 1. The van der Waals surface area contributed by atoms with Crippen LogP contribution in [-0.2, 0) is 4.79 Å². The predicted octanol–water partition coefficient (Wildman–Crippen LogP) is 1.82. The molecular formula is C24H26FN5O4. The van der Waals surface area contributed by atoms with E-state index in [2.05, 4.69) is 6.07 Å². The normalized spacial score (nSPS) is 23.0. The Morgan fingerprint density at radius 2 is 2.03 bits per heavy atom. The average molecular weight is 468 g/mol. The number of aromatic nitrogens is 1. The number of carboxylic acid groups (broad SMARTS) is 1. The lowest BCUT2D eigenvalue weighted by Crippen LogP contribution is -2.53. The number of likely N-dealkylation sites (tertiary alicyclic amines) is 1. The molecule has 3 fully saturated rings. The number of halogens is 1. The Balaban J connectivity index is 1.65. The predicted molar refractivity (Wildman–Crippen MR) is 122 cm³/mol. The standard InChI is InChI=1S/C24H26FN5O4/c1-12(27)23(32)29-6-2-3-13-9-28(11-19(13)29)21-16(8-26)20-15(7-18(21)25)22(31)17(24(33)34)10-30(20)14-4-5-14/h7,10,12-14,19H,2-6,9,11,27H2,1H3,(H,33,34). The maximum atomic E-state index is 15.6. The number of nitrogens with zero attached hydrogens (tertiary/aromatic N) is 4. The van der Waals surface area contributed by atoms with Crippen molar-refractivity contribution in [2.24, 2.45) is 11.7 Å². The van der Waals surface area contributed by atoms with Gasteiger partial charge in [-0.2, -0.15) is 5.26 Å². The third kappa shape index (κ3) is 3.42. The van der Waals surface area contributed by atoms with Crippen LogP contribution in [0.4, 0.5) is 10.1 Å². The van der Waals surface area contributed by atoms with Crippen LogP contribution >= 0.6 is 0 Å². The first kappa shape index (κ1) is 22.3. The number of aromatic carboxylic acids is 1. The number of fused-ring (bicyclic) bond motifs is 2. The molecule has 1 aliphatic carbocycles. The molecule has 1 amide bonds. The van der Waals surface area contributed by atoms with Gasteiger partial charge in [-0.3, -0.25) is 9.59 Å². The molecule has 0 radical (unpaired) electrons. The number of benzene rings is 1. The Hall–Kier alpha value is -3.45. The van der Waals surface area contributed by atoms with Crippen molar-refractivity contribution in [2.75, 3.05) is 24.5 Å². The summed E-state index contributed by atoms with van der Waals surface area (Å²) in [5.41, 5.74) is 5.01. The van der Waals surface area contributed by atoms with Crippen molar-refractivity contribution in [1.82, 2.24) is 9.47 Å². The zero-order chi connectivity index (χ0) is 24.3. The van der Waals surface area contributed by atoms with Crippen LogP contribution < -0.4 is 16.1 Å². The number of carbonyl (C=O) groups excluding carboxylic acids is 1. The van der Waals surface area contributed by atoms with E-state index < -0.39 is 28.8 Å². The fourth-order valence-corrected chi connectivity index (χ4v) is 5.58. The summed E-state index contributed by atoms with van der Waals surface area (Å²) in [5, 5.41) is 19.5. The average Bonchev–Trinajstić information content (AvgIpc) is 3.55. The van der Waals surface area contributed by atoms with Gasteiger partial charge in [-0.15, -0.1) is 0 Å². The zero-order valence-corrected chi connectivity index (χ0v) is 18.8. The maximum absolute atomic E-state index is 15.6. The van der Waals surface area contributed by atoms with Gasteiger partial charge < -0.3 is 25.2 Å². The number of nitrogens with two attached hydrogens (primary N) is 1. The van der Waals surface area contributed by atoms with Crippen LogP contribution in [0.5, 0.6) is 0 Å². The SMILES string of the molecule is CC(N)C(=O)N1CCCC2CN(c3c(F)cc4c(=O)c(C(=O)O)cn(C5CC5)c4c3C#N)CC21. The second kappa shape index (κ2) is 8.09. The minimum atomic E-state index is -1.38. The van der Waals surface area contributed by atoms with E-state index in [1.54, 1.807) is 21.3 Å². The fraction of sp³-hybridized carbons (Fsp3) is 0.500. The molecule has 10 heteroatoms. The molecule has 3 heterocycles. The van der Waals surface area contributed by atoms with E-state index in [1.807, 2.05) is 0 Å². The van der Waals surface area contributed by atoms with E-state index in [1.165, 1.54) is 6.20 Å². The lowest BCUT2D eigenvalue weighted by Gasteiger charge is -2.37. The van der Waals surface area contributed by atoms with Crippen molar-refractivity contribution in [2.45, 2.75) is 50.7 Å². The number of carboxylic acids is 1. The highest BCUT2D eigenvalue weighted by Crippen LogP contribution is 2.42. The van der Waals surface area contributed by atoms with Crippen LogP contribution in [0.2, 0.25) is 0 Å². The van der Waals surface area contributed by atoms with Crippen LogP contribution in [-0.4, -0.2) is 58.2 Å². The summed E-state index contributed by atoms with van der Waals surface area (Å²) in [6.07, 6.45) is 4.57. The Bertz CT molecular complexity index is 1310. The third-order valence-corrected chi connectivity index (χ3v) is 7.29. The van der Waals surface area contributed by atoms with E-state index >= 15 is 4.39 Å². The van der Waals surface area contributed by atoms with Crippen LogP contribution in [0.1, 0.15) is 54.6 Å². The van der Waals surface area contributed by atoms with Gasteiger partial charge in [0.15, 0.2) is 0 Å². The summed E-state index contributed by atoms with van der Waals surface area (Å²) in [6.45, 7) is 3.09. The molecule has 3 aliphatic rings. The van der Waals surface area contributed by atoms with Crippen LogP contribution in [0.15, 0.2) is 17.1 Å². The molecule has 3 N–H and O–H groups in total. The second-order valence-corrected chi connectivity index (χ2v) is 9.60. The van der Waals surface area contributed by atoms with Gasteiger partial charge in [-0.05, 0) is 44.6 Å². The zero-order valence-electron chi connectivity index (χ0n) is 18.8. The number of nitriles is 1. The molecule has 9 nitrogen and oxygen atoms in total. The monoisotopic (exact) mass is 467 g/mol. The molecule has 5 rings (SSSR count). The Labute approximate surface area is 195 Å². The van der Waals surface area contributed by atoms with E-state index in [4.69, 9.17) is 5.73 Å². The molecule has 34 heavy (non-hydrogen) atoms. The van der Waals surface area contributed by atoms with Gasteiger partial charge in [0, 0.05) is 31.9 Å². The van der Waals surface area contributed by atoms with Gasteiger partial charge in [0.2, 0.25) is 11.3 Å².